The van der Waals surface area contributed by atoms with E-state index in [-0.39, 0.29) is 0 Å². The zero-order valence-electron chi connectivity index (χ0n) is 8.35. The molecule has 1 aliphatic heterocycles. The van der Waals surface area contributed by atoms with Crippen molar-refractivity contribution in [1.82, 2.24) is 0 Å². The lowest BCUT2D eigenvalue weighted by Gasteiger charge is -2.19. The fraction of sp³-hybridized carbons (Fsp3) is 1.00. The summed E-state index contributed by atoms with van der Waals surface area (Å²) < 4.78 is 5.63. The second-order valence-electron chi connectivity index (χ2n) is 4.61. The van der Waals surface area contributed by atoms with E-state index < -0.39 is 0 Å². The first-order valence-corrected chi connectivity index (χ1v) is 4.64. The smallest absolute Gasteiger partial charge is 0.0895 e. The van der Waals surface area contributed by atoms with Gasteiger partial charge in [-0.2, -0.15) is 0 Å². The summed E-state index contributed by atoms with van der Waals surface area (Å²) in [6.45, 7) is 11.3. The molecule has 1 fully saturated rings. The number of hydrogen-bond acceptors (Lipinski definition) is 1. The lowest BCUT2D eigenvalue weighted by molar-refractivity contribution is 0.230. The molecule has 0 bridgehead atoms. The van der Waals surface area contributed by atoms with Crippen LogP contribution in [-0.4, -0.2) is 12.2 Å². The lowest BCUT2D eigenvalue weighted by Crippen LogP contribution is -2.21. The molecule has 1 aliphatic rings. The Hall–Kier alpha value is -0.0400. The molecule has 0 aromatic carbocycles. The Balaban J connectivity index is 2.43. The summed E-state index contributed by atoms with van der Waals surface area (Å²) in [6.07, 6.45) is 2.26. The summed E-state index contributed by atoms with van der Waals surface area (Å²) in [5.74, 6) is 0.686. The van der Waals surface area contributed by atoms with Crippen molar-refractivity contribution in [1.29, 1.82) is 0 Å². The van der Waals surface area contributed by atoms with E-state index in [1.165, 1.54) is 6.42 Å². The molecule has 1 heterocycles. The second-order valence-corrected chi connectivity index (χ2v) is 4.61. The minimum Gasteiger partial charge on any atom is -0.369 e. The molecule has 0 N–H and O–H groups in total. The van der Waals surface area contributed by atoms with E-state index in [4.69, 9.17) is 4.74 Å². The highest BCUT2D eigenvalue weighted by Gasteiger charge is 2.49. The Morgan fingerprint density at radius 3 is 2.18 bits per heavy atom. The Labute approximate surface area is 70.1 Å². The Morgan fingerprint density at radius 1 is 1.36 bits per heavy atom. The SMILES string of the molecule is CCC(C)(C)C1OC1C(C)C. The van der Waals surface area contributed by atoms with Gasteiger partial charge in [-0.1, -0.05) is 34.6 Å². The number of hydrogen-bond donors (Lipinski definition) is 0. The largest absolute Gasteiger partial charge is 0.369 e. The highest BCUT2D eigenvalue weighted by atomic mass is 16.6. The van der Waals surface area contributed by atoms with E-state index in [1.54, 1.807) is 0 Å². The molecule has 1 saturated heterocycles. The summed E-state index contributed by atoms with van der Waals surface area (Å²) in [6, 6.07) is 0. The fourth-order valence-electron chi connectivity index (χ4n) is 1.46. The highest BCUT2D eigenvalue weighted by Crippen LogP contribution is 2.43. The van der Waals surface area contributed by atoms with Gasteiger partial charge in [-0.05, 0) is 17.8 Å². The molecule has 2 unspecified atom stereocenters. The van der Waals surface area contributed by atoms with Crippen LogP contribution < -0.4 is 0 Å². The van der Waals surface area contributed by atoms with Crippen LogP contribution in [0.3, 0.4) is 0 Å². The fourth-order valence-corrected chi connectivity index (χ4v) is 1.46. The van der Waals surface area contributed by atoms with Gasteiger partial charge in [0.05, 0.1) is 12.2 Å². The van der Waals surface area contributed by atoms with Crippen molar-refractivity contribution in [2.75, 3.05) is 0 Å². The van der Waals surface area contributed by atoms with E-state index in [9.17, 15) is 0 Å². The summed E-state index contributed by atoms with van der Waals surface area (Å²) in [4.78, 5) is 0. The van der Waals surface area contributed by atoms with Crippen molar-refractivity contribution in [3.8, 4) is 0 Å². The quantitative estimate of drug-likeness (QED) is 0.572. The van der Waals surface area contributed by atoms with Gasteiger partial charge in [0.15, 0.2) is 0 Å². The van der Waals surface area contributed by atoms with Crippen LogP contribution in [0, 0.1) is 11.3 Å². The van der Waals surface area contributed by atoms with Crippen LogP contribution in [0.4, 0.5) is 0 Å². The first-order valence-electron chi connectivity index (χ1n) is 4.64. The van der Waals surface area contributed by atoms with Gasteiger partial charge in [-0.15, -0.1) is 0 Å². The number of epoxide rings is 1. The molecule has 1 rings (SSSR count). The third-order valence-corrected chi connectivity index (χ3v) is 2.86. The number of rotatable bonds is 3. The molecule has 0 aromatic rings. The van der Waals surface area contributed by atoms with E-state index in [0.717, 1.165) is 0 Å². The van der Waals surface area contributed by atoms with Gasteiger partial charge in [-0.25, -0.2) is 0 Å². The van der Waals surface area contributed by atoms with Gasteiger partial charge >= 0.3 is 0 Å². The molecule has 2 atom stereocenters. The summed E-state index contributed by atoms with van der Waals surface area (Å²) in [5.41, 5.74) is 0.384. The minimum absolute atomic E-state index is 0.384. The Morgan fingerprint density at radius 2 is 1.91 bits per heavy atom. The zero-order valence-corrected chi connectivity index (χ0v) is 8.35. The van der Waals surface area contributed by atoms with Crippen molar-refractivity contribution >= 4 is 0 Å². The molecule has 0 radical (unpaired) electrons. The zero-order chi connectivity index (χ0) is 8.65. The summed E-state index contributed by atoms with van der Waals surface area (Å²) in [5, 5.41) is 0. The van der Waals surface area contributed by atoms with Crippen molar-refractivity contribution in [3.63, 3.8) is 0 Å². The Bertz CT molecular complexity index is 138. The Kier molecular flexibility index (Phi) is 2.29. The second kappa shape index (κ2) is 2.78. The third kappa shape index (κ3) is 1.76. The lowest BCUT2D eigenvalue weighted by atomic mass is 9.83. The third-order valence-electron chi connectivity index (χ3n) is 2.86. The molecule has 11 heavy (non-hydrogen) atoms. The monoisotopic (exact) mass is 156 g/mol. The average Bonchev–Trinajstić information content (AvgIpc) is 2.65. The van der Waals surface area contributed by atoms with Gasteiger partial charge in [0.1, 0.15) is 0 Å². The van der Waals surface area contributed by atoms with Crippen LogP contribution >= 0.6 is 0 Å². The normalized spacial score (nSPS) is 31.1. The van der Waals surface area contributed by atoms with Gasteiger partial charge in [0, 0.05) is 0 Å². The van der Waals surface area contributed by atoms with Crippen molar-refractivity contribution in [3.05, 3.63) is 0 Å². The van der Waals surface area contributed by atoms with Crippen LogP contribution in [-0.2, 0) is 4.74 Å². The van der Waals surface area contributed by atoms with Crippen molar-refractivity contribution in [2.45, 2.75) is 53.2 Å². The summed E-state index contributed by atoms with van der Waals surface area (Å²) >= 11 is 0. The van der Waals surface area contributed by atoms with Gasteiger partial charge in [0.25, 0.3) is 0 Å². The molecule has 0 saturated carbocycles. The molecule has 0 aromatic heterocycles. The molecule has 0 amide bonds. The maximum absolute atomic E-state index is 5.63. The van der Waals surface area contributed by atoms with Gasteiger partial charge < -0.3 is 4.74 Å². The van der Waals surface area contributed by atoms with E-state index >= 15 is 0 Å². The van der Waals surface area contributed by atoms with Crippen LogP contribution in [0.1, 0.15) is 41.0 Å². The topological polar surface area (TPSA) is 12.5 Å². The highest BCUT2D eigenvalue weighted by molar-refractivity contribution is 4.96. The van der Waals surface area contributed by atoms with Crippen molar-refractivity contribution < 1.29 is 4.74 Å². The molecular formula is C10H20O. The van der Waals surface area contributed by atoms with Crippen LogP contribution in [0.5, 0.6) is 0 Å². The van der Waals surface area contributed by atoms with Crippen LogP contribution in [0.15, 0.2) is 0 Å². The minimum atomic E-state index is 0.384. The van der Waals surface area contributed by atoms with Gasteiger partial charge in [0.2, 0.25) is 0 Å². The van der Waals surface area contributed by atoms with E-state index in [0.29, 0.717) is 23.5 Å². The predicted octanol–water partition coefficient (Wildman–Crippen LogP) is 2.85. The first-order chi connectivity index (χ1) is 4.99. The summed E-state index contributed by atoms with van der Waals surface area (Å²) in [7, 11) is 0. The average molecular weight is 156 g/mol. The van der Waals surface area contributed by atoms with Crippen molar-refractivity contribution in [2.24, 2.45) is 11.3 Å². The predicted molar refractivity (Wildman–Crippen MR) is 47.6 cm³/mol. The van der Waals surface area contributed by atoms with E-state index in [1.807, 2.05) is 0 Å². The number of ether oxygens (including phenoxy) is 1. The van der Waals surface area contributed by atoms with Crippen LogP contribution in [0.2, 0.25) is 0 Å². The molecular weight excluding hydrogens is 136 g/mol. The maximum Gasteiger partial charge on any atom is 0.0895 e. The molecule has 1 heteroatoms. The maximum atomic E-state index is 5.63. The molecule has 1 nitrogen and oxygen atoms in total. The molecule has 66 valence electrons. The van der Waals surface area contributed by atoms with Crippen LogP contribution in [0.25, 0.3) is 0 Å². The van der Waals surface area contributed by atoms with Gasteiger partial charge in [-0.3, -0.25) is 0 Å². The molecule has 0 aliphatic carbocycles. The molecule has 0 spiro atoms. The first kappa shape index (κ1) is 9.05. The standard InChI is InChI=1S/C10H20O/c1-6-10(4,5)9-8(11-9)7(2)3/h7-9H,6H2,1-5H3. The van der Waals surface area contributed by atoms with E-state index in [2.05, 4.69) is 34.6 Å².